The van der Waals surface area contributed by atoms with E-state index < -0.39 is 21.6 Å². The molecule has 0 unspecified atom stereocenters. The summed E-state index contributed by atoms with van der Waals surface area (Å²) in [5.41, 5.74) is 0.321. The van der Waals surface area contributed by atoms with Gasteiger partial charge in [-0.25, -0.2) is 22.3 Å². The lowest BCUT2D eigenvalue weighted by Gasteiger charge is -2.14. The molecule has 1 aromatic heterocycles. The van der Waals surface area contributed by atoms with Crippen LogP contribution in [0.4, 0.5) is 0 Å². The van der Waals surface area contributed by atoms with E-state index in [1.165, 1.54) is 38.4 Å². The second-order valence-corrected chi connectivity index (χ2v) is 9.79. The van der Waals surface area contributed by atoms with Crippen LogP contribution in [0.5, 0.6) is 0 Å². The largest absolute Gasteiger partial charge is 0.457 e. The summed E-state index contributed by atoms with van der Waals surface area (Å²) in [5, 5.41) is 2.46. The summed E-state index contributed by atoms with van der Waals surface area (Å²) in [6.45, 7) is -0.201. The maximum atomic E-state index is 12.7. The van der Waals surface area contributed by atoms with Gasteiger partial charge in [-0.2, -0.15) is 0 Å². The Hall–Kier alpha value is -3.20. The van der Waals surface area contributed by atoms with Gasteiger partial charge in [0, 0.05) is 31.1 Å². The quantitative estimate of drug-likeness (QED) is 0.246. The summed E-state index contributed by atoms with van der Waals surface area (Å²) in [6, 6.07) is 16.3. The third-order valence-corrected chi connectivity index (χ3v) is 7.30. The standard InChI is InChI=1S/C23H18ClNO6S/c1-25(2)32(28,29)20-11-15(7-9-18(20)24)23(27)30-13-16-12-21(26)31-19-10-8-14-5-3-4-6-17(14)22(16)19/h3-12H,13H2,1-2H3. The predicted octanol–water partition coefficient (Wildman–Crippen LogP) is 4.21. The first-order chi connectivity index (χ1) is 15.2. The van der Waals surface area contributed by atoms with Crippen molar-refractivity contribution in [2.24, 2.45) is 0 Å². The van der Waals surface area contributed by atoms with Crippen LogP contribution in [0.3, 0.4) is 0 Å². The predicted molar refractivity (Wildman–Crippen MR) is 121 cm³/mol. The zero-order chi connectivity index (χ0) is 23.0. The minimum atomic E-state index is -3.85. The van der Waals surface area contributed by atoms with Crippen molar-refractivity contribution >= 4 is 49.3 Å². The van der Waals surface area contributed by atoms with E-state index in [4.69, 9.17) is 20.8 Å². The van der Waals surface area contributed by atoms with Crippen LogP contribution in [0.15, 0.2) is 74.8 Å². The second kappa shape index (κ2) is 8.38. The number of rotatable bonds is 5. The van der Waals surface area contributed by atoms with Crippen molar-refractivity contribution in [3.8, 4) is 0 Å². The van der Waals surface area contributed by atoms with Gasteiger partial charge in [-0.3, -0.25) is 0 Å². The van der Waals surface area contributed by atoms with Gasteiger partial charge >= 0.3 is 11.6 Å². The number of hydrogen-bond donors (Lipinski definition) is 0. The molecule has 0 radical (unpaired) electrons. The number of carbonyl (C=O) groups is 1. The van der Waals surface area contributed by atoms with Gasteiger partial charge in [-0.15, -0.1) is 0 Å². The van der Waals surface area contributed by atoms with E-state index in [0.29, 0.717) is 16.5 Å². The van der Waals surface area contributed by atoms with Gasteiger partial charge in [0.05, 0.1) is 10.6 Å². The van der Waals surface area contributed by atoms with Crippen molar-refractivity contribution in [2.45, 2.75) is 11.5 Å². The molecule has 0 aliphatic rings. The smallest absolute Gasteiger partial charge is 0.338 e. The fraction of sp³-hybridized carbons (Fsp3) is 0.130. The molecule has 3 aromatic carbocycles. The summed E-state index contributed by atoms with van der Waals surface area (Å²) < 4.78 is 36.7. The number of carbonyl (C=O) groups excluding carboxylic acids is 1. The molecule has 0 bridgehead atoms. The maximum Gasteiger partial charge on any atom is 0.338 e. The monoisotopic (exact) mass is 471 g/mol. The number of esters is 1. The Morgan fingerprint density at radius 3 is 2.56 bits per heavy atom. The van der Waals surface area contributed by atoms with E-state index in [1.54, 1.807) is 6.07 Å². The Morgan fingerprint density at radius 1 is 1.06 bits per heavy atom. The van der Waals surface area contributed by atoms with E-state index in [2.05, 4.69) is 0 Å². The molecule has 0 spiro atoms. The van der Waals surface area contributed by atoms with Crippen LogP contribution < -0.4 is 5.63 Å². The first-order valence-electron chi connectivity index (χ1n) is 9.52. The van der Waals surface area contributed by atoms with Crippen molar-refractivity contribution in [2.75, 3.05) is 14.1 Å². The van der Waals surface area contributed by atoms with Crippen LogP contribution in [0.25, 0.3) is 21.7 Å². The van der Waals surface area contributed by atoms with Crippen molar-refractivity contribution in [3.05, 3.63) is 87.2 Å². The summed E-state index contributed by atoms with van der Waals surface area (Å²) in [5.74, 6) is -0.751. The SMILES string of the molecule is CN(C)S(=O)(=O)c1cc(C(=O)OCc2cc(=O)oc3ccc4ccccc4c23)ccc1Cl. The fourth-order valence-corrected chi connectivity index (χ4v) is 4.78. The van der Waals surface area contributed by atoms with E-state index >= 15 is 0 Å². The van der Waals surface area contributed by atoms with Crippen LogP contribution in [0.2, 0.25) is 5.02 Å². The number of fused-ring (bicyclic) bond motifs is 3. The molecule has 0 aliphatic heterocycles. The number of ether oxygens (including phenoxy) is 1. The van der Waals surface area contributed by atoms with Crippen molar-refractivity contribution < 1.29 is 22.4 Å². The molecule has 0 amide bonds. The first kappa shape index (κ1) is 22.0. The van der Waals surface area contributed by atoms with Gasteiger partial charge in [-0.1, -0.05) is 41.9 Å². The molecule has 0 atom stereocenters. The van der Waals surface area contributed by atoms with Crippen LogP contribution >= 0.6 is 11.6 Å². The maximum absolute atomic E-state index is 12.7. The molecular weight excluding hydrogens is 454 g/mol. The summed E-state index contributed by atoms with van der Waals surface area (Å²) in [6.07, 6.45) is 0. The molecule has 7 nitrogen and oxygen atoms in total. The molecule has 0 saturated carbocycles. The van der Waals surface area contributed by atoms with Crippen LogP contribution in [-0.2, 0) is 21.4 Å². The highest BCUT2D eigenvalue weighted by Crippen LogP contribution is 2.29. The van der Waals surface area contributed by atoms with Crippen molar-refractivity contribution in [3.63, 3.8) is 0 Å². The molecule has 0 saturated heterocycles. The van der Waals surface area contributed by atoms with Gasteiger partial charge in [0.2, 0.25) is 10.0 Å². The minimum Gasteiger partial charge on any atom is -0.457 e. The number of sulfonamides is 1. The molecular formula is C23H18ClNO6S. The average molecular weight is 472 g/mol. The molecule has 0 fully saturated rings. The normalized spacial score (nSPS) is 11.9. The molecule has 32 heavy (non-hydrogen) atoms. The zero-order valence-electron chi connectivity index (χ0n) is 17.2. The van der Waals surface area contributed by atoms with Gasteiger partial charge in [0.1, 0.15) is 17.1 Å². The molecule has 0 aliphatic carbocycles. The summed E-state index contributed by atoms with van der Waals surface area (Å²) in [7, 11) is -1.11. The Balaban J connectivity index is 1.70. The lowest BCUT2D eigenvalue weighted by atomic mass is 10.0. The van der Waals surface area contributed by atoms with E-state index in [-0.39, 0.29) is 22.1 Å². The molecule has 4 aromatic rings. The number of nitrogens with zero attached hydrogens (tertiary/aromatic N) is 1. The molecule has 9 heteroatoms. The Morgan fingerprint density at radius 2 is 1.81 bits per heavy atom. The second-order valence-electron chi connectivity index (χ2n) is 7.26. The highest BCUT2D eigenvalue weighted by molar-refractivity contribution is 7.89. The molecule has 1 heterocycles. The van der Waals surface area contributed by atoms with Gasteiger partial charge in [-0.05, 0) is 35.0 Å². The summed E-state index contributed by atoms with van der Waals surface area (Å²) in [4.78, 5) is 24.5. The highest BCUT2D eigenvalue weighted by Gasteiger charge is 2.23. The third-order valence-electron chi connectivity index (χ3n) is 5.00. The third kappa shape index (κ3) is 4.00. The van der Waals surface area contributed by atoms with E-state index in [1.807, 2.05) is 30.3 Å². The number of hydrogen-bond acceptors (Lipinski definition) is 6. The number of benzene rings is 3. The van der Waals surface area contributed by atoms with Crippen molar-refractivity contribution in [1.82, 2.24) is 4.31 Å². The average Bonchev–Trinajstić information content (AvgIpc) is 2.76. The summed E-state index contributed by atoms with van der Waals surface area (Å²) >= 11 is 6.04. The molecule has 164 valence electrons. The molecule has 4 rings (SSSR count). The van der Waals surface area contributed by atoms with Crippen LogP contribution in [0.1, 0.15) is 15.9 Å². The Bertz CT molecular complexity index is 1530. The highest BCUT2D eigenvalue weighted by atomic mass is 35.5. The fourth-order valence-electron chi connectivity index (χ4n) is 3.39. The van der Waals surface area contributed by atoms with Gasteiger partial charge in [0.25, 0.3) is 0 Å². The van der Waals surface area contributed by atoms with Gasteiger partial charge in [0.15, 0.2) is 0 Å². The first-order valence-corrected chi connectivity index (χ1v) is 11.3. The van der Waals surface area contributed by atoms with Gasteiger partial charge < -0.3 is 9.15 Å². The topological polar surface area (TPSA) is 93.9 Å². The lowest BCUT2D eigenvalue weighted by molar-refractivity contribution is 0.0473. The Kier molecular flexibility index (Phi) is 5.77. The van der Waals surface area contributed by atoms with Crippen LogP contribution in [-0.4, -0.2) is 32.8 Å². The van der Waals surface area contributed by atoms with Crippen molar-refractivity contribution in [1.29, 1.82) is 0 Å². The molecule has 0 N–H and O–H groups in total. The Labute approximate surface area is 188 Å². The zero-order valence-corrected chi connectivity index (χ0v) is 18.7. The lowest BCUT2D eigenvalue weighted by Crippen LogP contribution is -2.23. The number of halogens is 1. The van der Waals surface area contributed by atoms with E-state index in [9.17, 15) is 18.0 Å². The van der Waals surface area contributed by atoms with E-state index in [0.717, 1.165) is 15.1 Å². The minimum absolute atomic E-state index is 0.00613. The van der Waals surface area contributed by atoms with Crippen LogP contribution in [0, 0.1) is 0 Å².